The van der Waals surface area contributed by atoms with Crippen molar-refractivity contribution in [2.24, 2.45) is 10.7 Å². The Morgan fingerprint density at radius 1 is 1.08 bits per heavy atom. The molecule has 4 N–H and O–H groups in total. The van der Waals surface area contributed by atoms with E-state index in [2.05, 4.69) is 25.6 Å². The second-order valence-electron chi connectivity index (χ2n) is 5.83. The van der Waals surface area contributed by atoms with Gasteiger partial charge in [-0.2, -0.15) is 4.99 Å². The Morgan fingerprint density at radius 2 is 1.85 bits per heavy atom. The molecule has 0 saturated heterocycles. The molecule has 0 saturated carbocycles. The Morgan fingerprint density at radius 3 is 2.62 bits per heavy atom. The molecule has 7 heteroatoms. The lowest BCUT2D eigenvalue weighted by Gasteiger charge is -2.09. The molecule has 1 amide bonds. The molecule has 26 heavy (non-hydrogen) atoms. The molecular weight excluding hydrogens is 328 g/mol. The molecule has 7 nitrogen and oxygen atoms in total. The Hall–Kier alpha value is -3.48. The molecule has 0 unspecified atom stereocenters. The number of nitrogens with zero attached hydrogens (tertiary/aromatic N) is 3. The minimum atomic E-state index is -0.357. The molecule has 0 bridgehead atoms. The monoisotopic (exact) mass is 348 g/mol. The lowest BCUT2D eigenvalue weighted by Crippen LogP contribution is -2.36. The van der Waals surface area contributed by atoms with Gasteiger partial charge in [0.15, 0.2) is 0 Å². The van der Waals surface area contributed by atoms with Gasteiger partial charge in [0, 0.05) is 18.1 Å². The number of anilines is 1. The highest BCUT2D eigenvalue weighted by Crippen LogP contribution is 2.21. The summed E-state index contributed by atoms with van der Waals surface area (Å²) in [6.07, 6.45) is 0. The number of guanidine groups is 1. The van der Waals surface area contributed by atoms with E-state index < -0.39 is 0 Å². The number of para-hydroxylation sites is 2. The number of aromatic nitrogens is 2. The van der Waals surface area contributed by atoms with Gasteiger partial charge in [0.25, 0.3) is 11.9 Å². The third kappa shape index (κ3) is 3.46. The molecule has 132 valence electrons. The van der Waals surface area contributed by atoms with Crippen molar-refractivity contribution in [2.45, 2.75) is 13.8 Å². The van der Waals surface area contributed by atoms with Crippen molar-refractivity contribution >= 4 is 34.4 Å². The highest BCUT2D eigenvalue weighted by atomic mass is 16.1. The van der Waals surface area contributed by atoms with Crippen LogP contribution in [0.15, 0.2) is 47.5 Å². The minimum Gasteiger partial charge on any atom is -0.387 e. The second-order valence-corrected chi connectivity index (χ2v) is 5.83. The van der Waals surface area contributed by atoms with Crippen LogP contribution in [0.2, 0.25) is 0 Å². The summed E-state index contributed by atoms with van der Waals surface area (Å²) in [6, 6.07) is 13.0. The number of nitrogens with two attached hydrogens (primary N) is 1. The third-order valence-electron chi connectivity index (χ3n) is 4.01. The van der Waals surface area contributed by atoms with Crippen molar-refractivity contribution < 1.29 is 4.79 Å². The molecule has 1 aromatic heterocycles. The number of aliphatic imine (C=N–C) groups is 1. The fourth-order valence-corrected chi connectivity index (χ4v) is 2.70. The predicted octanol–water partition coefficient (Wildman–Crippen LogP) is 2.66. The number of fused-ring (bicyclic) bond motifs is 1. The predicted molar refractivity (Wildman–Crippen MR) is 104 cm³/mol. The summed E-state index contributed by atoms with van der Waals surface area (Å²) in [5.41, 5.74) is 9.70. The maximum absolute atomic E-state index is 12.4. The molecule has 0 fully saturated rings. The summed E-state index contributed by atoms with van der Waals surface area (Å²) >= 11 is 0. The van der Waals surface area contributed by atoms with E-state index in [9.17, 15) is 4.79 Å². The highest BCUT2D eigenvalue weighted by Gasteiger charge is 2.12. The Labute approximate surface area is 151 Å². The van der Waals surface area contributed by atoms with Crippen LogP contribution in [-0.2, 0) is 0 Å². The van der Waals surface area contributed by atoms with E-state index in [4.69, 9.17) is 5.73 Å². The first-order chi connectivity index (χ1) is 12.5. The van der Waals surface area contributed by atoms with Crippen molar-refractivity contribution in [1.82, 2.24) is 15.3 Å². The smallest absolute Gasteiger partial charge is 0.260 e. The zero-order chi connectivity index (χ0) is 18.7. The number of aryl methyl sites for hydroxylation is 2. The summed E-state index contributed by atoms with van der Waals surface area (Å²) in [5.74, 6) is -0.206. The molecule has 0 radical (unpaired) electrons. The van der Waals surface area contributed by atoms with E-state index in [0.717, 1.165) is 22.2 Å². The molecule has 0 spiro atoms. The van der Waals surface area contributed by atoms with Crippen molar-refractivity contribution in [3.05, 3.63) is 59.3 Å². The van der Waals surface area contributed by atoms with Crippen LogP contribution in [-0.4, -0.2) is 28.9 Å². The molecule has 1 heterocycles. The van der Waals surface area contributed by atoms with Gasteiger partial charge >= 0.3 is 0 Å². The largest absolute Gasteiger partial charge is 0.387 e. The summed E-state index contributed by atoms with van der Waals surface area (Å²) < 4.78 is 0. The first kappa shape index (κ1) is 17.3. The Bertz CT molecular complexity index is 1010. The number of rotatable bonds is 3. The average molecular weight is 348 g/mol. The summed E-state index contributed by atoms with van der Waals surface area (Å²) in [4.78, 5) is 25.4. The quantitative estimate of drug-likeness (QED) is 0.498. The average Bonchev–Trinajstić information content (AvgIpc) is 2.62. The fourth-order valence-electron chi connectivity index (χ4n) is 2.70. The van der Waals surface area contributed by atoms with Crippen LogP contribution in [0.1, 0.15) is 21.6 Å². The number of hydrogen-bond acceptors (Lipinski definition) is 5. The summed E-state index contributed by atoms with van der Waals surface area (Å²) in [7, 11) is 1.75. The number of carbonyl (C=O) groups is 1. The summed E-state index contributed by atoms with van der Waals surface area (Å²) in [5, 5.41) is 6.50. The van der Waals surface area contributed by atoms with Gasteiger partial charge < -0.3 is 11.1 Å². The van der Waals surface area contributed by atoms with Crippen molar-refractivity contribution in [1.29, 1.82) is 0 Å². The lowest BCUT2D eigenvalue weighted by atomic mass is 10.1. The molecule has 2 aromatic carbocycles. The van der Waals surface area contributed by atoms with E-state index in [0.29, 0.717) is 11.3 Å². The Balaban J connectivity index is 1.89. The highest BCUT2D eigenvalue weighted by molar-refractivity contribution is 6.08. The molecule has 0 aliphatic carbocycles. The maximum atomic E-state index is 12.4. The van der Waals surface area contributed by atoms with E-state index in [1.165, 1.54) is 0 Å². The number of carbonyl (C=O) groups excluding carboxylic acids is 1. The molecule has 3 aromatic rings. The zero-order valence-corrected chi connectivity index (χ0v) is 14.9. The summed E-state index contributed by atoms with van der Waals surface area (Å²) in [6.45, 7) is 3.86. The Kier molecular flexibility index (Phi) is 4.79. The van der Waals surface area contributed by atoms with Crippen molar-refractivity contribution in [3.8, 4) is 0 Å². The SMILES string of the molecule is CNc1ccccc1C(=O)NC(N)=Nc1nc(C)c2cccc(C)c2n1. The number of benzene rings is 2. The second kappa shape index (κ2) is 7.18. The van der Waals surface area contributed by atoms with Gasteiger partial charge in [-0.25, -0.2) is 9.97 Å². The fraction of sp³-hybridized carbons (Fsp3) is 0.158. The standard InChI is InChI=1S/C19H20N6O/c1-11-7-6-9-13-12(2)22-19(23-16(11)13)25-18(20)24-17(26)14-8-4-5-10-15(14)21-3/h4-10,21H,1-3H3,(H3,20,22,23,24,25,26). The van der Waals surface area contributed by atoms with Crippen LogP contribution in [0.25, 0.3) is 10.9 Å². The van der Waals surface area contributed by atoms with Gasteiger partial charge in [0.05, 0.1) is 16.8 Å². The van der Waals surface area contributed by atoms with E-state index >= 15 is 0 Å². The van der Waals surface area contributed by atoms with Crippen LogP contribution < -0.4 is 16.4 Å². The van der Waals surface area contributed by atoms with E-state index in [1.54, 1.807) is 25.2 Å². The van der Waals surface area contributed by atoms with Gasteiger partial charge in [-0.15, -0.1) is 0 Å². The van der Waals surface area contributed by atoms with Crippen LogP contribution in [0.3, 0.4) is 0 Å². The van der Waals surface area contributed by atoms with Crippen molar-refractivity contribution in [2.75, 3.05) is 12.4 Å². The van der Waals surface area contributed by atoms with Gasteiger partial charge in [0.2, 0.25) is 5.96 Å². The molecule has 0 atom stereocenters. The number of hydrogen-bond donors (Lipinski definition) is 3. The van der Waals surface area contributed by atoms with Crippen molar-refractivity contribution in [3.63, 3.8) is 0 Å². The van der Waals surface area contributed by atoms with Crippen LogP contribution in [0.4, 0.5) is 11.6 Å². The number of amides is 1. The van der Waals surface area contributed by atoms with Gasteiger partial charge in [-0.3, -0.25) is 10.1 Å². The topological polar surface area (TPSA) is 105 Å². The first-order valence-electron chi connectivity index (χ1n) is 8.16. The van der Waals surface area contributed by atoms with Gasteiger partial charge in [-0.05, 0) is 31.5 Å². The minimum absolute atomic E-state index is 0.0618. The molecular formula is C19H20N6O. The first-order valence-corrected chi connectivity index (χ1v) is 8.16. The molecule has 3 rings (SSSR count). The zero-order valence-electron chi connectivity index (χ0n) is 14.9. The third-order valence-corrected chi connectivity index (χ3v) is 4.01. The van der Waals surface area contributed by atoms with Crippen LogP contribution in [0.5, 0.6) is 0 Å². The van der Waals surface area contributed by atoms with Gasteiger partial charge in [0.1, 0.15) is 0 Å². The van der Waals surface area contributed by atoms with E-state index in [1.807, 2.05) is 38.1 Å². The molecule has 0 aliphatic heterocycles. The van der Waals surface area contributed by atoms with Gasteiger partial charge in [-0.1, -0.05) is 30.3 Å². The van der Waals surface area contributed by atoms with Crippen LogP contribution >= 0.6 is 0 Å². The molecule has 0 aliphatic rings. The van der Waals surface area contributed by atoms with Crippen LogP contribution in [0, 0.1) is 13.8 Å². The number of nitrogens with one attached hydrogen (secondary N) is 2. The maximum Gasteiger partial charge on any atom is 0.260 e. The lowest BCUT2D eigenvalue weighted by molar-refractivity contribution is 0.0977. The van der Waals surface area contributed by atoms with E-state index in [-0.39, 0.29) is 17.8 Å². The normalized spacial score (nSPS) is 11.4.